The molecule has 1 N–H and O–H groups in total. The number of carboxylic acids is 1. The number of halogens is 2. The quantitative estimate of drug-likeness (QED) is 0.158. The van der Waals surface area contributed by atoms with Gasteiger partial charge in [-0.2, -0.15) is 23.3 Å². The van der Waals surface area contributed by atoms with E-state index in [4.69, 9.17) is 5.11 Å². The van der Waals surface area contributed by atoms with Gasteiger partial charge >= 0.3 is 5.97 Å². The summed E-state index contributed by atoms with van der Waals surface area (Å²) in [6.45, 7) is 0. The van der Waals surface area contributed by atoms with Gasteiger partial charge in [-0.05, 0) is 69.4 Å². The third kappa shape index (κ3) is 18.6. The van der Waals surface area contributed by atoms with Crippen LogP contribution in [0.15, 0.2) is 262 Å². The average molecular weight is 1740 g/mol. The molecule has 14 heteroatoms. The molecule has 4 radical (unpaired) electrons. The molecular formula is C64H44F2Ir4N6O2-4. The van der Waals surface area contributed by atoms with Crippen LogP contribution in [0.4, 0.5) is 8.78 Å². The molecule has 8 nitrogen and oxygen atoms in total. The Morgan fingerprint density at radius 1 is 0.474 bits per heavy atom. The molecule has 0 aliphatic rings. The van der Waals surface area contributed by atoms with Crippen molar-refractivity contribution in [2.45, 2.75) is 0 Å². The summed E-state index contributed by atoms with van der Waals surface area (Å²) in [5.41, 5.74) is 10.3. The number of hydrogen-bond acceptors (Lipinski definition) is 6. The van der Waals surface area contributed by atoms with Crippen LogP contribution in [0.2, 0.25) is 0 Å². The van der Waals surface area contributed by atoms with Gasteiger partial charge in [0.2, 0.25) is 0 Å². The number of aromatic carboxylic acids is 1. The van der Waals surface area contributed by atoms with Crippen molar-refractivity contribution in [1.82, 2.24) is 29.7 Å². The number of carbonyl (C=O) groups is 1. The van der Waals surface area contributed by atoms with Crippen LogP contribution in [0.25, 0.3) is 72.5 Å². The third-order valence-corrected chi connectivity index (χ3v) is 10.8. The van der Waals surface area contributed by atoms with E-state index in [0.717, 1.165) is 51.5 Å². The summed E-state index contributed by atoms with van der Waals surface area (Å²) < 4.78 is 27.7. The van der Waals surface area contributed by atoms with Gasteiger partial charge in [-0.1, -0.05) is 132 Å². The largest absolute Gasteiger partial charge is 0.477 e. The molecule has 0 unspecified atom stereocenters. The average Bonchev–Trinajstić information content (AvgIpc) is 3.98. The number of rotatable bonds is 7. The van der Waals surface area contributed by atoms with Gasteiger partial charge < -0.3 is 20.1 Å². The Labute approximate surface area is 506 Å². The van der Waals surface area contributed by atoms with Gasteiger partial charge in [-0.25, -0.2) is 9.78 Å². The molecule has 5 heterocycles. The van der Waals surface area contributed by atoms with Crippen molar-refractivity contribution in [3.8, 4) is 61.7 Å². The van der Waals surface area contributed by atoms with Crippen molar-refractivity contribution >= 4 is 16.7 Å². The van der Waals surface area contributed by atoms with E-state index in [0.29, 0.717) is 5.69 Å². The van der Waals surface area contributed by atoms with Crippen LogP contribution in [-0.4, -0.2) is 40.8 Å². The number of aromatic nitrogens is 6. The number of carboxylic acid groups (broad SMARTS) is 1. The van der Waals surface area contributed by atoms with Crippen molar-refractivity contribution in [3.05, 3.63) is 303 Å². The molecule has 396 valence electrons. The van der Waals surface area contributed by atoms with Gasteiger partial charge in [-0.15, -0.1) is 95.6 Å². The van der Waals surface area contributed by atoms with Crippen molar-refractivity contribution in [2.75, 3.05) is 0 Å². The normalized spacial score (nSPS) is 9.62. The Balaban J connectivity index is 0.000000215. The SMILES string of the molecule is Fc1c[c-]c(-c2ccccn2)c(F)c1.O=C(O)c1ccccn1.[Ir].[Ir].[Ir].[Ir].[c-]1cc(-c2ccccc2)ccc1-n1cc(-c2ccccc2)cn1.[c-]1ccccc1-c1ccccn1.[c-]1ccccc1-c1nccc2ccccc12. The van der Waals surface area contributed by atoms with Crippen LogP contribution >= 0.6 is 0 Å². The van der Waals surface area contributed by atoms with Gasteiger partial charge in [0, 0.05) is 129 Å². The Hall–Kier alpha value is -7.46. The minimum Gasteiger partial charge on any atom is -0.477 e. The Morgan fingerprint density at radius 3 is 1.60 bits per heavy atom. The van der Waals surface area contributed by atoms with E-state index in [9.17, 15) is 13.6 Å². The second-order valence-corrected chi connectivity index (χ2v) is 15.8. The maximum Gasteiger partial charge on any atom is 0.354 e. The van der Waals surface area contributed by atoms with Crippen molar-refractivity contribution < 1.29 is 99.1 Å². The first kappa shape index (κ1) is 63.1. The Kier molecular flexibility index (Phi) is 27.2. The first-order valence-electron chi connectivity index (χ1n) is 23.2. The maximum atomic E-state index is 13.2. The van der Waals surface area contributed by atoms with E-state index in [1.807, 2.05) is 157 Å². The van der Waals surface area contributed by atoms with Crippen LogP contribution in [0.5, 0.6) is 0 Å². The molecule has 78 heavy (non-hydrogen) atoms. The van der Waals surface area contributed by atoms with Crippen molar-refractivity contribution in [1.29, 1.82) is 0 Å². The number of nitrogens with zero attached hydrogens (tertiary/aromatic N) is 6. The molecule has 12 aromatic rings. The molecule has 7 aromatic carbocycles. The predicted molar refractivity (Wildman–Crippen MR) is 287 cm³/mol. The summed E-state index contributed by atoms with van der Waals surface area (Å²) in [6.07, 6.45) is 10.5. The zero-order valence-electron chi connectivity index (χ0n) is 41.0. The molecule has 0 amide bonds. The van der Waals surface area contributed by atoms with E-state index >= 15 is 0 Å². The van der Waals surface area contributed by atoms with Crippen molar-refractivity contribution in [2.24, 2.45) is 0 Å². The summed E-state index contributed by atoms with van der Waals surface area (Å²) >= 11 is 0. The standard InChI is InChI=1S/C21H15N2.C15H10N.C11H6F2N.C11H8N.C6H5NO2.4Ir/c1-3-7-17(8-4-1)19-11-13-21(14-12-19)23-16-20(15-22-23)18-9-5-2-6-10-18;1-2-7-13(8-3-1)15-14-9-5-4-6-12(14)10-11-16-15;12-8-4-5-9(10(13)7-8)11-3-1-2-6-14-11;1-2-6-10(7-3-1)11-8-4-5-9-12-11;8-6(9)5-3-1-2-4-7-5;;;;/h1-13,15-16H;1-7,9-11H;1-4,6-7H;1-6,8-9H;1-4H,(H,8,9);;;;/q4*-1;;;;;. The molecule has 0 spiro atoms. The van der Waals surface area contributed by atoms with Gasteiger partial charge in [0.15, 0.2) is 0 Å². The van der Waals surface area contributed by atoms with Crippen LogP contribution in [0.3, 0.4) is 0 Å². The fourth-order valence-corrected chi connectivity index (χ4v) is 7.19. The molecule has 0 saturated carbocycles. The molecule has 0 atom stereocenters. The van der Waals surface area contributed by atoms with Crippen molar-refractivity contribution in [3.63, 3.8) is 0 Å². The molecule has 0 aliphatic carbocycles. The Bertz CT molecular complexity index is 3560. The molecule has 0 fully saturated rings. The number of pyridine rings is 4. The van der Waals surface area contributed by atoms with E-state index in [1.165, 1.54) is 34.2 Å². The zero-order valence-corrected chi connectivity index (χ0v) is 50.5. The number of fused-ring (bicyclic) bond motifs is 1. The summed E-state index contributed by atoms with van der Waals surface area (Å²) in [4.78, 5) is 26.3. The summed E-state index contributed by atoms with van der Waals surface area (Å²) in [6, 6.07) is 82.6. The second kappa shape index (κ2) is 33.6. The van der Waals surface area contributed by atoms with Gasteiger partial charge in [0.25, 0.3) is 0 Å². The third-order valence-electron chi connectivity index (χ3n) is 10.8. The first-order valence-corrected chi connectivity index (χ1v) is 23.2. The van der Waals surface area contributed by atoms with E-state index in [1.54, 1.807) is 42.7 Å². The Morgan fingerprint density at radius 2 is 1.05 bits per heavy atom. The second-order valence-electron chi connectivity index (χ2n) is 15.8. The minimum atomic E-state index is -0.990. The van der Waals surface area contributed by atoms with Crippen LogP contribution < -0.4 is 0 Å². The fraction of sp³-hybridized carbons (Fsp3) is 0. The molecule has 0 bridgehead atoms. The molecular weight excluding hydrogens is 1690 g/mol. The zero-order chi connectivity index (χ0) is 51.2. The molecule has 12 rings (SSSR count). The molecule has 0 saturated heterocycles. The van der Waals surface area contributed by atoms with Crippen LogP contribution in [0, 0.1) is 35.9 Å². The van der Waals surface area contributed by atoms with E-state index in [2.05, 4.69) is 91.8 Å². The smallest absolute Gasteiger partial charge is 0.354 e. The monoisotopic (exact) mass is 1740 g/mol. The van der Waals surface area contributed by atoms with Crippen LogP contribution in [-0.2, 0) is 80.4 Å². The van der Waals surface area contributed by atoms with E-state index < -0.39 is 17.6 Å². The molecule has 5 aromatic heterocycles. The summed E-state index contributed by atoms with van der Waals surface area (Å²) in [5, 5.41) is 15.2. The fourth-order valence-electron chi connectivity index (χ4n) is 7.19. The number of hydrogen-bond donors (Lipinski definition) is 1. The maximum absolute atomic E-state index is 13.2. The number of benzene rings is 7. The summed E-state index contributed by atoms with van der Waals surface area (Å²) in [5.74, 6) is -2.28. The van der Waals surface area contributed by atoms with Gasteiger partial charge in [-0.3, -0.25) is 13.5 Å². The van der Waals surface area contributed by atoms with E-state index in [-0.39, 0.29) is 91.7 Å². The molecule has 0 aliphatic heterocycles. The van der Waals surface area contributed by atoms with Gasteiger partial charge in [0.1, 0.15) is 5.69 Å². The first-order chi connectivity index (χ1) is 36.4. The van der Waals surface area contributed by atoms with Crippen LogP contribution in [0.1, 0.15) is 10.5 Å². The van der Waals surface area contributed by atoms with Gasteiger partial charge in [0.05, 0.1) is 6.20 Å². The predicted octanol–water partition coefficient (Wildman–Crippen LogP) is 14.9. The topological polar surface area (TPSA) is 107 Å². The minimum absolute atomic E-state index is 0. The summed E-state index contributed by atoms with van der Waals surface area (Å²) in [7, 11) is 0.